The molecule has 0 radical (unpaired) electrons. The quantitative estimate of drug-likeness (QED) is 0.463. The van der Waals surface area contributed by atoms with Crippen molar-refractivity contribution in [1.29, 1.82) is 0 Å². The van der Waals surface area contributed by atoms with Crippen molar-refractivity contribution in [3.8, 4) is 11.5 Å². The molecule has 0 spiro atoms. The van der Waals surface area contributed by atoms with Crippen LogP contribution in [0.3, 0.4) is 0 Å². The van der Waals surface area contributed by atoms with Gasteiger partial charge in [0.05, 0.1) is 11.6 Å². The first kappa shape index (κ1) is 16.9. The molecule has 9 heteroatoms. The fourth-order valence-electron chi connectivity index (χ4n) is 2.25. The van der Waals surface area contributed by atoms with Gasteiger partial charge in [-0.15, -0.1) is 0 Å². The van der Waals surface area contributed by atoms with Crippen LogP contribution in [-0.4, -0.2) is 26.6 Å². The fraction of sp³-hybridized carbons (Fsp3) is 0.267. The summed E-state index contributed by atoms with van der Waals surface area (Å²) >= 11 is 5.68. The number of nitrogens with one attached hydrogen (secondary N) is 1. The summed E-state index contributed by atoms with van der Waals surface area (Å²) in [6.07, 6.45) is 0.201. The smallest absolute Gasteiger partial charge is 0.163 e. The van der Waals surface area contributed by atoms with E-state index in [-0.39, 0.29) is 28.6 Å². The van der Waals surface area contributed by atoms with E-state index in [2.05, 4.69) is 4.98 Å². The molecule has 7 nitrogen and oxygen atoms in total. The molecule has 0 saturated carbocycles. The average Bonchev–Trinajstić information content (AvgIpc) is 3.35. The Morgan fingerprint density at radius 3 is 2.83 bits per heavy atom. The Hall–Kier alpha value is -1.97. The minimum absolute atomic E-state index is 0.00804. The van der Waals surface area contributed by atoms with Crippen molar-refractivity contribution in [2.75, 3.05) is 0 Å². The van der Waals surface area contributed by atoms with E-state index in [9.17, 15) is 14.6 Å². The Bertz CT molecular complexity index is 761. The van der Waals surface area contributed by atoms with Gasteiger partial charge in [-0.1, -0.05) is 11.6 Å². The zero-order chi connectivity index (χ0) is 17.3. The lowest BCUT2D eigenvalue weighted by atomic mass is 10.1. The second-order valence-electron chi connectivity index (χ2n) is 5.12. The van der Waals surface area contributed by atoms with Gasteiger partial charge in [0.15, 0.2) is 6.23 Å². The van der Waals surface area contributed by atoms with Gasteiger partial charge in [0.25, 0.3) is 0 Å². The first-order valence-electron chi connectivity index (χ1n) is 6.98. The summed E-state index contributed by atoms with van der Waals surface area (Å²) in [5, 5.41) is 28.4. The van der Waals surface area contributed by atoms with Crippen molar-refractivity contribution < 1.29 is 29.3 Å². The van der Waals surface area contributed by atoms with Gasteiger partial charge in [0, 0.05) is 23.4 Å². The van der Waals surface area contributed by atoms with Crippen molar-refractivity contribution in [1.82, 2.24) is 10.5 Å². The predicted octanol–water partition coefficient (Wildman–Crippen LogP) is 2.03. The molecule has 128 valence electrons. The Labute approximate surface area is 141 Å². The maximum absolute atomic E-state index is 13.1. The number of aliphatic hydroxyl groups excluding tert-OH is 1. The molecule has 0 amide bonds. The van der Waals surface area contributed by atoms with Gasteiger partial charge in [0.1, 0.15) is 35.7 Å². The third-order valence-electron chi connectivity index (χ3n) is 3.61. The Morgan fingerprint density at radius 1 is 1.42 bits per heavy atom. The highest BCUT2D eigenvalue weighted by molar-refractivity contribution is 6.30. The van der Waals surface area contributed by atoms with E-state index in [1.165, 1.54) is 24.4 Å². The van der Waals surface area contributed by atoms with Crippen molar-refractivity contribution in [2.24, 2.45) is 0 Å². The largest absolute Gasteiger partial charge is 0.506 e. The van der Waals surface area contributed by atoms with Crippen molar-refractivity contribution in [3.63, 3.8) is 0 Å². The summed E-state index contributed by atoms with van der Waals surface area (Å²) in [7, 11) is 0. The van der Waals surface area contributed by atoms with E-state index in [1.807, 2.05) is 5.48 Å². The highest BCUT2D eigenvalue weighted by atomic mass is 35.5. The van der Waals surface area contributed by atoms with Crippen LogP contribution in [0.4, 0.5) is 4.39 Å². The monoisotopic (exact) mass is 356 g/mol. The molecule has 24 heavy (non-hydrogen) atoms. The normalized spacial score (nSPS) is 19.3. The number of halogens is 2. The standard InChI is InChI=1S/C15H14ClFN2O5/c16-10-3-8(1-2-11(10)17)23-6-7-4-18-12(13(21)9(7)5-20)14-15(19-22)24-14/h1-4,14-15,19-22H,5-6H2. The molecule has 2 heterocycles. The lowest BCUT2D eigenvalue weighted by Gasteiger charge is -2.13. The van der Waals surface area contributed by atoms with Crippen LogP contribution in [-0.2, 0) is 18.0 Å². The van der Waals surface area contributed by atoms with Crippen LogP contribution in [0, 0.1) is 5.82 Å². The minimum Gasteiger partial charge on any atom is -0.506 e. The summed E-state index contributed by atoms with van der Waals surface area (Å²) < 4.78 is 23.7. The molecule has 2 unspecified atom stereocenters. The van der Waals surface area contributed by atoms with Crippen LogP contribution >= 0.6 is 11.6 Å². The van der Waals surface area contributed by atoms with E-state index in [4.69, 9.17) is 26.3 Å². The predicted molar refractivity (Wildman–Crippen MR) is 80.1 cm³/mol. The number of pyridine rings is 1. The molecule has 4 N–H and O–H groups in total. The lowest BCUT2D eigenvalue weighted by Crippen LogP contribution is -2.12. The number of hydroxylamine groups is 1. The van der Waals surface area contributed by atoms with E-state index < -0.39 is 24.8 Å². The van der Waals surface area contributed by atoms with Gasteiger partial charge in [-0.2, -0.15) is 5.48 Å². The molecule has 1 aliphatic heterocycles. The van der Waals surface area contributed by atoms with Crippen molar-refractivity contribution in [3.05, 3.63) is 52.1 Å². The molecule has 1 fully saturated rings. The Balaban J connectivity index is 1.78. The summed E-state index contributed by atoms with van der Waals surface area (Å²) in [5.74, 6) is -0.442. The molecule has 0 bridgehead atoms. The number of rotatable bonds is 6. The van der Waals surface area contributed by atoms with Crippen LogP contribution in [0.25, 0.3) is 0 Å². The summed E-state index contributed by atoms with van der Waals surface area (Å²) in [6, 6.07) is 3.92. The number of aromatic hydroxyl groups is 1. The highest BCUT2D eigenvalue weighted by Gasteiger charge is 2.43. The van der Waals surface area contributed by atoms with Gasteiger partial charge in [0.2, 0.25) is 0 Å². The van der Waals surface area contributed by atoms with Crippen LogP contribution < -0.4 is 10.2 Å². The van der Waals surface area contributed by atoms with Gasteiger partial charge in [-0.25, -0.2) is 4.39 Å². The van der Waals surface area contributed by atoms with Crippen molar-refractivity contribution in [2.45, 2.75) is 25.5 Å². The maximum atomic E-state index is 13.1. The molecule has 2 atom stereocenters. The number of aliphatic hydroxyl groups is 1. The van der Waals surface area contributed by atoms with Gasteiger partial charge >= 0.3 is 0 Å². The van der Waals surface area contributed by atoms with Gasteiger partial charge in [-0.3, -0.25) is 4.98 Å². The van der Waals surface area contributed by atoms with Crippen LogP contribution in [0.2, 0.25) is 5.02 Å². The number of epoxide rings is 1. The molecule has 1 aromatic carbocycles. The second-order valence-corrected chi connectivity index (χ2v) is 5.53. The topological polar surface area (TPSA) is 107 Å². The SMILES string of the molecule is OCc1c(COc2ccc(F)c(Cl)c2)cnc(C2OC2NO)c1O. The first-order chi connectivity index (χ1) is 11.5. The molecule has 1 aromatic heterocycles. The molecule has 3 rings (SSSR count). The number of hydrogen-bond donors (Lipinski definition) is 4. The van der Waals surface area contributed by atoms with Crippen LogP contribution in [0.15, 0.2) is 24.4 Å². The maximum Gasteiger partial charge on any atom is 0.163 e. The first-order valence-corrected chi connectivity index (χ1v) is 7.36. The lowest BCUT2D eigenvalue weighted by molar-refractivity contribution is 0.119. The average molecular weight is 357 g/mol. The van der Waals surface area contributed by atoms with Gasteiger partial charge in [-0.05, 0) is 12.1 Å². The van der Waals surface area contributed by atoms with E-state index in [0.717, 1.165) is 0 Å². The molecular formula is C15H14ClFN2O5. The fourth-order valence-corrected chi connectivity index (χ4v) is 2.42. The summed E-state index contributed by atoms with van der Waals surface area (Å²) in [4.78, 5) is 4.09. The summed E-state index contributed by atoms with van der Waals surface area (Å²) in [5.41, 5.74) is 2.82. The number of aromatic nitrogens is 1. The van der Waals surface area contributed by atoms with Crippen molar-refractivity contribution >= 4 is 11.6 Å². The number of hydrogen-bond acceptors (Lipinski definition) is 7. The third-order valence-corrected chi connectivity index (χ3v) is 3.90. The number of ether oxygens (including phenoxy) is 2. The number of benzene rings is 1. The molecule has 1 saturated heterocycles. The Morgan fingerprint density at radius 2 is 2.21 bits per heavy atom. The zero-order valence-electron chi connectivity index (χ0n) is 12.2. The van der Waals surface area contributed by atoms with Crippen LogP contribution in [0.1, 0.15) is 22.9 Å². The Kier molecular flexibility index (Phi) is 4.83. The minimum atomic E-state index is -0.640. The zero-order valence-corrected chi connectivity index (χ0v) is 13.0. The molecule has 0 aliphatic carbocycles. The summed E-state index contributed by atoms with van der Waals surface area (Å²) in [6.45, 7) is -0.444. The second kappa shape index (κ2) is 6.88. The van der Waals surface area contributed by atoms with E-state index in [1.54, 1.807) is 0 Å². The van der Waals surface area contributed by atoms with E-state index in [0.29, 0.717) is 11.3 Å². The highest BCUT2D eigenvalue weighted by Crippen LogP contribution is 2.41. The van der Waals surface area contributed by atoms with E-state index >= 15 is 0 Å². The molecular weight excluding hydrogens is 343 g/mol. The van der Waals surface area contributed by atoms with Crippen LogP contribution in [0.5, 0.6) is 11.5 Å². The number of nitrogens with zero attached hydrogens (tertiary/aromatic N) is 1. The molecule has 2 aromatic rings. The van der Waals surface area contributed by atoms with Gasteiger partial charge < -0.3 is 24.9 Å². The third kappa shape index (κ3) is 3.28. The molecule has 1 aliphatic rings.